The molecule has 1 aliphatic rings. The zero-order chi connectivity index (χ0) is 15.5. The molecule has 0 bridgehead atoms. The van der Waals surface area contributed by atoms with Crippen molar-refractivity contribution in [2.75, 3.05) is 0 Å². The maximum absolute atomic E-state index is 8.96. The summed E-state index contributed by atoms with van der Waals surface area (Å²) in [5.74, 6) is 1.41. The zero-order valence-corrected chi connectivity index (χ0v) is 13.6. The van der Waals surface area contributed by atoms with Crippen molar-refractivity contribution in [3.05, 3.63) is 35.1 Å². The summed E-state index contributed by atoms with van der Waals surface area (Å²) in [7, 11) is 0. The molecule has 1 saturated carbocycles. The minimum absolute atomic E-state index is 0.154. The minimum atomic E-state index is -0.154. The largest absolute Gasteiger partial charge is 0.484 e. The molecule has 7 heteroatoms. The van der Waals surface area contributed by atoms with Gasteiger partial charge in [-0.2, -0.15) is 5.26 Å². The second kappa shape index (κ2) is 6.59. The lowest BCUT2D eigenvalue weighted by molar-refractivity contribution is 0.288. The fourth-order valence-corrected chi connectivity index (χ4v) is 3.09. The normalized spacial score (nSPS) is 15.3. The Bertz CT molecular complexity index is 708. The van der Waals surface area contributed by atoms with Crippen molar-refractivity contribution in [2.24, 2.45) is 0 Å². The Kier molecular flexibility index (Phi) is 4.55. The summed E-state index contributed by atoms with van der Waals surface area (Å²) in [5.41, 5.74) is 0. The molecule has 0 unspecified atom stereocenters. The van der Waals surface area contributed by atoms with Gasteiger partial charge in [0.05, 0.1) is 16.3 Å². The van der Waals surface area contributed by atoms with E-state index in [4.69, 9.17) is 21.6 Å². The topological polar surface area (TPSA) is 63.7 Å². The molecule has 2 aromatic rings. The van der Waals surface area contributed by atoms with Crippen LogP contribution in [0.3, 0.4) is 0 Å². The van der Waals surface area contributed by atoms with Gasteiger partial charge in [0.1, 0.15) is 12.4 Å². The van der Waals surface area contributed by atoms with Gasteiger partial charge in [0.2, 0.25) is 0 Å². The van der Waals surface area contributed by atoms with Gasteiger partial charge in [-0.15, -0.1) is 10.2 Å². The Labute approximate surface area is 138 Å². The molecule has 1 aliphatic carbocycles. The van der Waals surface area contributed by atoms with Crippen LogP contribution in [-0.4, -0.2) is 20.0 Å². The Balaban J connectivity index is 1.76. The lowest BCUT2D eigenvalue weighted by Gasteiger charge is -2.11. The number of nitrogens with zero attached hydrogens (tertiary/aromatic N) is 4. The Morgan fingerprint density at radius 3 is 2.91 bits per heavy atom. The van der Waals surface area contributed by atoms with Crippen LogP contribution in [0.2, 0.25) is 5.02 Å². The van der Waals surface area contributed by atoms with Gasteiger partial charge in [-0.05, 0) is 31.9 Å². The third-order valence-electron chi connectivity index (χ3n) is 3.30. The number of hydrogen-bond donors (Lipinski definition) is 0. The van der Waals surface area contributed by atoms with Gasteiger partial charge in [0, 0.05) is 6.04 Å². The number of halogens is 1. The number of thioether (sulfide) groups is 1. The fourth-order valence-electron chi connectivity index (χ4n) is 2.07. The molecular weight excluding hydrogens is 320 g/mol. The molecule has 3 rings (SSSR count). The van der Waals surface area contributed by atoms with E-state index in [0.29, 0.717) is 23.4 Å². The Morgan fingerprint density at radius 1 is 1.45 bits per heavy atom. The molecule has 0 spiro atoms. The quantitative estimate of drug-likeness (QED) is 0.751. The highest BCUT2D eigenvalue weighted by atomic mass is 35.5. The maximum Gasteiger partial charge on any atom is 0.192 e. The SMILES string of the molecule is C[C@H](C#N)Sc1nnc(COc2ccccc2Cl)n1C1CC1. The van der Waals surface area contributed by atoms with Gasteiger partial charge in [-0.25, -0.2) is 0 Å². The number of nitriles is 1. The lowest BCUT2D eigenvalue weighted by atomic mass is 10.3. The molecule has 0 saturated heterocycles. The first-order valence-corrected chi connectivity index (χ1v) is 8.32. The third kappa shape index (κ3) is 3.37. The molecule has 0 amide bonds. The summed E-state index contributed by atoms with van der Waals surface area (Å²) >= 11 is 7.52. The molecule has 0 aliphatic heterocycles. The summed E-state index contributed by atoms with van der Waals surface area (Å²) < 4.78 is 7.85. The average Bonchev–Trinajstić information content (AvgIpc) is 3.28. The maximum atomic E-state index is 8.96. The number of ether oxygens (including phenoxy) is 1. The number of aromatic nitrogens is 3. The highest BCUT2D eigenvalue weighted by Crippen LogP contribution is 2.39. The van der Waals surface area contributed by atoms with Crippen molar-refractivity contribution in [3.63, 3.8) is 0 Å². The van der Waals surface area contributed by atoms with E-state index in [0.717, 1.165) is 23.8 Å². The monoisotopic (exact) mass is 334 g/mol. The predicted octanol–water partition coefficient (Wildman–Crippen LogP) is 3.85. The standard InChI is InChI=1S/C15H15ClN4OS/c1-10(8-17)22-15-19-18-14(20(15)11-6-7-11)9-21-13-5-3-2-4-12(13)16/h2-5,10-11H,6-7,9H2,1H3/t10-/m1/s1. The molecule has 1 fully saturated rings. The van der Waals surface area contributed by atoms with Crippen LogP contribution in [0, 0.1) is 11.3 Å². The van der Waals surface area contributed by atoms with Gasteiger partial charge >= 0.3 is 0 Å². The summed E-state index contributed by atoms with van der Waals surface area (Å²) in [6, 6.07) is 9.99. The number of para-hydroxylation sites is 1. The average molecular weight is 335 g/mol. The van der Waals surface area contributed by atoms with Crippen molar-refractivity contribution < 1.29 is 4.74 Å². The van der Waals surface area contributed by atoms with Crippen molar-refractivity contribution in [2.45, 2.75) is 42.8 Å². The fraction of sp³-hybridized carbons (Fsp3) is 0.400. The molecule has 5 nitrogen and oxygen atoms in total. The first-order chi connectivity index (χ1) is 10.7. The second-order valence-corrected chi connectivity index (χ2v) is 6.82. The molecular formula is C15H15ClN4OS. The van der Waals surface area contributed by atoms with Crippen LogP contribution in [0.5, 0.6) is 5.75 Å². The van der Waals surface area contributed by atoms with E-state index >= 15 is 0 Å². The molecule has 114 valence electrons. The predicted molar refractivity (Wildman–Crippen MR) is 85.0 cm³/mol. The number of hydrogen-bond acceptors (Lipinski definition) is 5. The van der Waals surface area contributed by atoms with Crippen molar-refractivity contribution in [3.8, 4) is 11.8 Å². The third-order valence-corrected chi connectivity index (χ3v) is 4.56. The molecule has 1 aromatic carbocycles. The number of benzene rings is 1. The molecule has 1 atom stereocenters. The van der Waals surface area contributed by atoms with Crippen LogP contribution in [0.15, 0.2) is 29.4 Å². The van der Waals surface area contributed by atoms with Crippen LogP contribution in [0.1, 0.15) is 31.6 Å². The van der Waals surface area contributed by atoms with Crippen molar-refractivity contribution in [1.29, 1.82) is 5.26 Å². The molecule has 1 aromatic heterocycles. The lowest BCUT2D eigenvalue weighted by Crippen LogP contribution is -2.08. The smallest absolute Gasteiger partial charge is 0.192 e. The van der Waals surface area contributed by atoms with Gasteiger partial charge in [0.15, 0.2) is 11.0 Å². The first-order valence-electron chi connectivity index (χ1n) is 7.06. The van der Waals surface area contributed by atoms with Crippen LogP contribution in [0.25, 0.3) is 0 Å². The summed E-state index contributed by atoms with van der Waals surface area (Å²) in [5, 5.41) is 18.6. The molecule has 0 radical (unpaired) electrons. The zero-order valence-electron chi connectivity index (χ0n) is 12.1. The van der Waals surface area contributed by atoms with E-state index < -0.39 is 0 Å². The van der Waals surface area contributed by atoms with Crippen molar-refractivity contribution >= 4 is 23.4 Å². The van der Waals surface area contributed by atoms with Gasteiger partial charge in [0.25, 0.3) is 0 Å². The molecule has 22 heavy (non-hydrogen) atoms. The van der Waals surface area contributed by atoms with E-state index in [9.17, 15) is 0 Å². The highest BCUT2D eigenvalue weighted by molar-refractivity contribution is 8.00. The van der Waals surface area contributed by atoms with Gasteiger partial charge < -0.3 is 4.74 Å². The van der Waals surface area contributed by atoms with E-state index in [2.05, 4.69) is 20.8 Å². The molecule has 1 heterocycles. The van der Waals surface area contributed by atoms with Crippen LogP contribution in [-0.2, 0) is 6.61 Å². The summed E-state index contributed by atoms with van der Waals surface area (Å²) in [6.07, 6.45) is 2.23. The van der Waals surface area contributed by atoms with E-state index in [1.165, 1.54) is 11.8 Å². The van der Waals surface area contributed by atoms with Crippen molar-refractivity contribution in [1.82, 2.24) is 14.8 Å². The number of rotatable bonds is 6. The first kappa shape index (κ1) is 15.2. The Morgan fingerprint density at radius 2 is 2.23 bits per heavy atom. The molecule has 0 N–H and O–H groups in total. The van der Waals surface area contributed by atoms with Gasteiger partial charge in [-0.1, -0.05) is 35.5 Å². The minimum Gasteiger partial charge on any atom is -0.484 e. The summed E-state index contributed by atoms with van der Waals surface area (Å²) in [4.78, 5) is 0. The van der Waals surface area contributed by atoms with E-state index in [1.54, 1.807) is 6.07 Å². The second-order valence-electron chi connectivity index (χ2n) is 5.11. The Hall–Kier alpha value is -1.71. The highest BCUT2D eigenvalue weighted by Gasteiger charge is 2.30. The van der Waals surface area contributed by atoms with Gasteiger partial charge in [-0.3, -0.25) is 4.57 Å². The van der Waals surface area contributed by atoms with Crippen LogP contribution in [0.4, 0.5) is 0 Å². The van der Waals surface area contributed by atoms with Crippen LogP contribution < -0.4 is 4.74 Å². The van der Waals surface area contributed by atoms with Crippen LogP contribution >= 0.6 is 23.4 Å². The van der Waals surface area contributed by atoms with E-state index in [1.807, 2.05) is 25.1 Å². The van der Waals surface area contributed by atoms with E-state index in [-0.39, 0.29) is 5.25 Å². The summed E-state index contributed by atoms with van der Waals surface area (Å²) in [6.45, 7) is 2.17.